The molecule has 110 valence electrons. The van der Waals surface area contributed by atoms with Crippen molar-refractivity contribution in [3.63, 3.8) is 0 Å². The topological polar surface area (TPSA) is 29.1 Å². The lowest BCUT2D eigenvalue weighted by atomic mass is 10.0. The van der Waals surface area contributed by atoms with Gasteiger partial charge in [0.05, 0.1) is 6.04 Å². The fourth-order valence-electron chi connectivity index (χ4n) is 2.43. The third kappa shape index (κ3) is 3.45. The minimum atomic E-state index is 0.196. The summed E-state index contributed by atoms with van der Waals surface area (Å²) in [6.07, 6.45) is 1.85. The number of carbonyl (C=O) groups excluding carboxylic acids is 1. The van der Waals surface area contributed by atoms with Gasteiger partial charge in [-0.05, 0) is 49.1 Å². The van der Waals surface area contributed by atoms with Crippen LogP contribution < -0.4 is 5.32 Å². The zero-order chi connectivity index (χ0) is 15.4. The molecule has 0 heterocycles. The van der Waals surface area contributed by atoms with E-state index >= 15 is 0 Å². The lowest BCUT2D eigenvalue weighted by molar-refractivity contribution is 0.112. The number of hydrogen-bond donors (Lipinski definition) is 1. The summed E-state index contributed by atoms with van der Waals surface area (Å²) in [4.78, 5) is 11.0. The zero-order valence-corrected chi connectivity index (χ0v) is 13.4. The van der Waals surface area contributed by atoms with E-state index in [1.165, 1.54) is 5.56 Å². The van der Waals surface area contributed by atoms with Gasteiger partial charge in [-0.25, -0.2) is 0 Å². The molecule has 0 aliphatic carbocycles. The normalized spacial score (nSPS) is 12.0. The van der Waals surface area contributed by atoms with Crippen molar-refractivity contribution in [3.8, 4) is 0 Å². The van der Waals surface area contributed by atoms with E-state index < -0.39 is 0 Å². The van der Waals surface area contributed by atoms with Gasteiger partial charge in [0.1, 0.15) is 6.29 Å². The van der Waals surface area contributed by atoms with E-state index in [1.807, 2.05) is 38.1 Å². The van der Waals surface area contributed by atoms with Crippen molar-refractivity contribution in [2.24, 2.45) is 0 Å². The average Bonchev–Trinajstić information content (AvgIpc) is 2.49. The van der Waals surface area contributed by atoms with Crippen LogP contribution in [0.4, 0.5) is 5.69 Å². The maximum atomic E-state index is 11.0. The molecule has 0 aliphatic heterocycles. The molecule has 1 unspecified atom stereocenters. The molecule has 1 atom stereocenters. The number of anilines is 1. The number of rotatable bonds is 5. The number of aldehydes is 1. The van der Waals surface area contributed by atoms with Crippen molar-refractivity contribution in [3.05, 3.63) is 63.7 Å². The van der Waals surface area contributed by atoms with E-state index in [1.54, 1.807) is 0 Å². The monoisotopic (exact) mass is 301 g/mol. The Morgan fingerprint density at radius 2 is 2.00 bits per heavy atom. The van der Waals surface area contributed by atoms with Crippen LogP contribution in [0, 0.1) is 13.8 Å². The molecule has 2 aromatic rings. The Kier molecular flexibility index (Phi) is 5.03. The van der Waals surface area contributed by atoms with Gasteiger partial charge in [0.25, 0.3) is 0 Å². The second-order valence-electron chi connectivity index (χ2n) is 5.25. The molecule has 0 spiro atoms. The summed E-state index contributed by atoms with van der Waals surface area (Å²) < 4.78 is 0. The van der Waals surface area contributed by atoms with Gasteiger partial charge in [-0.3, -0.25) is 4.79 Å². The molecule has 0 amide bonds. The summed E-state index contributed by atoms with van der Waals surface area (Å²) in [6.45, 7) is 6.11. The van der Waals surface area contributed by atoms with Crippen molar-refractivity contribution in [2.75, 3.05) is 5.32 Å². The van der Waals surface area contributed by atoms with E-state index in [4.69, 9.17) is 11.6 Å². The highest BCUT2D eigenvalue weighted by molar-refractivity contribution is 6.31. The lowest BCUT2D eigenvalue weighted by Gasteiger charge is -2.21. The molecule has 21 heavy (non-hydrogen) atoms. The van der Waals surface area contributed by atoms with Crippen molar-refractivity contribution < 1.29 is 4.79 Å². The molecular formula is C18H20ClNO. The Morgan fingerprint density at radius 3 is 2.62 bits per heavy atom. The van der Waals surface area contributed by atoms with Crippen LogP contribution in [0.25, 0.3) is 0 Å². The molecule has 0 aliphatic rings. The Bertz CT molecular complexity index is 652. The predicted octanol–water partition coefficient (Wildman–Crippen LogP) is 5.33. The summed E-state index contributed by atoms with van der Waals surface area (Å²) in [5.41, 5.74) is 4.99. The number of halogens is 1. The number of aryl methyl sites for hydroxylation is 1. The summed E-state index contributed by atoms with van der Waals surface area (Å²) in [7, 11) is 0. The molecule has 0 saturated carbocycles. The Morgan fingerprint density at radius 1 is 1.24 bits per heavy atom. The molecule has 3 heteroatoms. The van der Waals surface area contributed by atoms with Crippen LogP contribution in [0.1, 0.15) is 46.4 Å². The Balaban J connectivity index is 2.31. The molecule has 0 radical (unpaired) electrons. The van der Waals surface area contributed by atoms with Crippen molar-refractivity contribution in [1.82, 2.24) is 0 Å². The second-order valence-corrected chi connectivity index (χ2v) is 5.66. The van der Waals surface area contributed by atoms with Crippen LogP contribution in [0.2, 0.25) is 5.02 Å². The largest absolute Gasteiger partial charge is 0.378 e. The van der Waals surface area contributed by atoms with Crippen LogP contribution in [0.3, 0.4) is 0 Å². The van der Waals surface area contributed by atoms with Gasteiger partial charge in [0.2, 0.25) is 0 Å². The first kappa shape index (κ1) is 15.6. The molecule has 2 nitrogen and oxygen atoms in total. The molecule has 2 rings (SSSR count). The lowest BCUT2D eigenvalue weighted by Crippen LogP contribution is -2.11. The van der Waals surface area contributed by atoms with E-state index in [9.17, 15) is 4.79 Å². The van der Waals surface area contributed by atoms with Crippen molar-refractivity contribution in [2.45, 2.75) is 33.2 Å². The SMILES string of the molecule is CCC(Nc1cccc(C=O)c1C)c1ccc(Cl)c(C)c1. The van der Waals surface area contributed by atoms with Crippen LogP contribution in [-0.2, 0) is 0 Å². The number of benzene rings is 2. The molecule has 0 bridgehead atoms. The highest BCUT2D eigenvalue weighted by atomic mass is 35.5. The van der Waals surface area contributed by atoms with Crippen LogP contribution in [0.15, 0.2) is 36.4 Å². The number of hydrogen-bond acceptors (Lipinski definition) is 2. The number of nitrogens with one attached hydrogen (secondary N) is 1. The van der Waals surface area contributed by atoms with Gasteiger partial charge in [0, 0.05) is 16.3 Å². The van der Waals surface area contributed by atoms with Gasteiger partial charge in [-0.1, -0.05) is 42.8 Å². The highest BCUT2D eigenvalue weighted by Gasteiger charge is 2.12. The van der Waals surface area contributed by atoms with E-state index in [-0.39, 0.29) is 6.04 Å². The summed E-state index contributed by atoms with van der Waals surface area (Å²) in [5.74, 6) is 0. The molecule has 0 saturated heterocycles. The van der Waals surface area contributed by atoms with Crippen molar-refractivity contribution >= 4 is 23.6 Å². The van der Waals surface area contributed by atoms with Gasteiger partial charge < -0.3 is 5.32 Å². The predicted molar refractivity (Wildman–Crippen MR) is 89.4 cm³/mol. The number of carbonyl (C=O) groups is 1. The first-order valence-electron chi connectivity index (χ1n) is 7.14. The minimum absolute atomic E-state index is 0.196. The van der Waals surface area contributed by atoms with Gasteiger partial charge >= 0.3 is 0 Å². The smallest absolute Gasteiger partial charge is 0.150 e. The third-order valence-corrected chi connectivity index (χ3v) is 4.25. The van der Waals surface area contributed by atoms with Crippen LogP contribution >= 0.6 is 11.6 Å². The summed E-state index contributed by atoms with van der Waals surface area (Å²) in [6, 6.07) is 12.0. The Hall–Kier alpha value is -1.80. The third-order valence-electron chi connectivity index (χ3n) is 3.83. The molecule has 2 aromatic carbocycles. The highest BCUT2D eigenvalue weighted by Crippen LogP contribution is 2.28. The Labute approximate surface area is 131 Å². The fraction of sp³-hybridized carbons (Fsp3) is 0.278. The summed E-state index contributed by atoms with van der Waals surface area (Å²) in [5, 5.41) is 4.32. The molecular weight excluding hydrogens is 282 g/mol. The van der Waals surface area contributed by atoms with E-state index in [0.29, 0.717) is 0 Å². The average molecular weight is 302 g/mol. The molecule has 0 aromatic heterocycles. The quantitative estimate of drug-likeness (QED) is 0.756. The first-order valence-corrected chi connectivity index (χ1v) is 7.52. The van der Waals surface area contributed by atoms with Crippen LogP contribution in [0.5, 0.6) is 0 Å². The van der Waals surface area contributed by atoms with Gasteiger partial charge in [-0.2, -0.15) is 0 Å². The fourth-order valence-corrected chi connectivity index (χ4v) is 2.55. The minimum Gasteiger partial charge on any atom is -0.378 e. The first-order chi connectivity index (χ1) is 10.1. The molecule has 1 N–H and O–H groups in total. The zero-order valence-electron chi connectivity index (χ0n) is 12.6. The van der Waals surface area contributed by atoms with Crippen LogP contribution in [-0.4, -0.2) is 6.29 Å². The van der Waals surface area contributed by atoms with E-state index in [2.05, 4.69) is 24.4 Å². The van der Waals surface area contributed by atoms with Gasteiger partial charge in [0.15, 0.2) is 0 Å². The van der Waals surface area contributed by atoms with Gasteiger partial charge in [-0.15, -0.1) is 0 Å². The molecule has 0 fully saturated rings. The van der Waals surface area contributed by atoms with E-state index in [0.717, 1.165) is 40.1 Å². The maximum Gasteiger partial charge on any atom is 0.150 e. The van der Waals surface area contributed by atoms with Crippen molar-refractivity contribution in [1.29, 1.82) is 0 Å². The standard InChI is InChI=1S/C18H20ClNO/c1-4-17(14-8-9-16(19)12(2)10-14)20-18-7-5-6-15(11-21)13(18)3/h5-11,17,20H,4H2,1-3H3. The maximum absolute atomic E-state index is 11.0. The summed E-state index contributed by atoms with van der Waals surface area (Å²) >= 11 is 6.09. The second kappa shape index (κ2) is 6.77.